The van der Waals surface area contributed by atoms with Crippen molar-refractivity contribution in [3.8, 4) is 5.69 Å². The molecule has 0 spiro atoms. The van der Waals surface area contributed by atoms with Crippen LogP contribution in [0.1, 0.15) is 40.8 Å². The van der Waals surface area contributed by atoms with E-state index in [9.17, 15) is 4.79 Å². The quantitative estimate of drug-likeness (QED) is 0.533. The second-order valence-corrected chi connectivity index (χ2v) is 7.22. The van der Waals surface area contributed by atoms with E-state index in [1.807, 2.05) is 58.8 Å². The van der Waals surface area contributed by atoms with E-state index in [1.165, 1.54) is 11.0 Å². The molecule has 1 aliphatic heterocycles. The van der Waals surface area contributed by atoms with Crippen LogP contribution in [0.4, 0.5) is 0 Å². The number of carbonyl (C=O) groups is 1. The summed E-state index contributed by atoms with van der Waals surface area (Å²) in [5.74, 6) is 1.000. The van der Waals surface area contributed by atoms with E-state index in [0.29, 0.717) is 18.8 Å². The van der Waals surface area contributed by atoms with Crippen molar-refractivity contribution < 1.29 is 4.79 Å². The Hall–Kier alpha value is -3.62. The van der Waals surface area contributed by atoms with Gasteiger partial charge in [0.05, 0.1) is 17.6 Å². The monoisotopic (exact) mass is 388 g/mol. The molecule has 5 rings (SSSR count). The highest BCUT2D eigenvalue weighted by Gasteiger charge is 2.29. The fourth-order valence-corrected chi connectivity index (χ4v) is 3.70. The molecule has 29 heavy (non-hydrogen) atoms. The number of piperidine rings is 1. The highest BCUT2D eigenvalue weighted by Crippen LogP contribution is 2.27. The van der Waals surface area contributed by atoms with Gasteiger partial charge < -0.3 is 4.90 Å². The van der Waals surface area contributed by atoms with Gasteiger partial charge in [-0.2, -0.15) is 19.5 Å². The number of aryl methyl sites for hydroxylation is 1. The molecule has 1 aromatic carbocycles. The summed E-state index contributed by atoms with van der Waals surface area (Å²) in [6, 6.07) is 13.4. The highest BCUT2D eigenvalue weighted by atomic mass is 16.2. The Morgan fingerprint density at radius 1 is 1.00 bits per heavy atom. The predicted octanol–water partition coefficient (Wildman–Crippen LogP) is 2.03. The molecule has 1 saturated heterocycles. The van der Waals surface area contributed by atoms with Crippen molar-refractivity contribution in [2.75, 3.05) is 13.1 Å². The Labute approximate surface area is 167 Å². The number of fused-ring (bicyclic) bond motifs is 1. The Kier molecular flexibility index (Phi) is 4.27. The van der Waals surface area contributed by atoms with Crippen molar-refractivity contribution in [1.29, 1.82) is 0 Å². The van der Waals surface area contributed by atoms with Crippen molar-refractivity contribution in [1.82, 2.24) is 39.7 Å². The van der Waals surface area contributed by atoms with E-state index in [-0.39, 0.29) is 11.8 Å². The molecule has 4 aromatic rings. The van der Waals surface area contributed by atoms with Gasteiger partial charge in [0.15, 0.2) is 17.2 Å². The highest BCUT2D eigenvalue weighted by molar-refractivity contribution is 5.92. The zero-order valence-corrected chi connectivity index (χ0v) is 16.0. The number of carbonyl (C=O) groups excluding carboxylic acids is 1. The standard InChI is InChI=1S/C20H20N8O/c1-14-7-8-18-22-23-19(27(18)24-14)15-9-11-26(12-10-15)20(29)17-13-21-28(25-17)16-5-3-2-4-6-16/h2-8,13,15H,9-12H2,1H3. The maximum Gasteiger partial charge on any atom is 0.276 e. The normalized spacial score (nSPS) is 15.1. The Morgan fingerprint density at radius 2 is 1.79 bits per heavy atom. The molecule has 0 aliphatic carbocycles. The second kappa shape index (κ2) is 7.08. The second-order valence-electron chi connectivity index (χ2n) is 7.22. The summed E-state index contributed by atoms with van der Waals surface area (Å²) >= 11 is 0. The number of nitrogens with zero attached hydrogens (tertiary/aromatic N) is 8. The minimum absolute atomic E-state index is 0.0919. The van der Waals surface area contributed by atoms with E-state index in [4.69, 9.17) is 0 Å². The van der Waals surface area contributed by atoms with Gasteiger partial charge in [0, 0.05) is 19.0 Å². The van der Waals surface area contributed by atoms with Crippen LogP contribution in [0.15, 0.2) is 48.7 Å². The lowest BCUT2D eigenvalue weighted by Gasteiger charge is -2.30. The van der Waals surface area contributed by atoms with Gasteiger partial charge in [0.1, 0.15) is 0 Å². The van der Waals surface area contributed by atoms with Crippen molar-refractivity contribution in [2.45, 2.75) is 25.7 Å². The third-order valence-corrected chi connectivity index (χ3v) is 5.27. The molecule has 9 heteroatoms. The average Bonchev–Trinajstić information content (AvgIpc) is 3.41. The summed E-state index contributed by atoms with van der Waals surface area (Å²) in [4.78, 5) is 16.2. The molecule has 1 aliphatic rings. The largest absolute Gasteiger partial charge is 0.337 e. The molecule has 1 fully saturated rings. The topological polar surface area (TPSA) is 94.1 Å². The number of benzene rings is 1. The van der Waals surface area contributed by atoms with Crippen LogP contribution in [-0.2, 0) is 0 Å². The summed E-state index contributed by atoms with van der Waals surface area (Å²) < 4.78 is 1.82. The summed E-state index contributed by atoms with van der Waals surface area (Å²) in [5.41, 5.74) is 2.86. The minimum Gasteiger partial charge on any atom is -0.337 e. The van der Waals surface area contributed by atoms with Crippen LogP contribution in [-0.4, -0.2) is 58.7 Å². The number of aromatic nitrogens is 7. The molecule has 0 bridgehead atoms. The average molecular weight is 388 g/mol. The van der Waals surface area contributed by atoms with Gasteiger partial charge in [-0.25, -0.2) is 0 Å². The summed E-state index contributed by atoms with van der Waals surface area (Å²) in [7, 11) is 0. The van der Waals surface area contributed by atoms with Gasteiger partial charge in [-0.1, -0.05) is 18.2 Å². The third-order valence-electron chi connectivity index (χ3n) is 5.27. The first-order chi connectivity index (χ1) is 14.2. The zero-order chi connectivity index (χ0) is 19.8. The number of likely N-dealkylation sites (tertiary alicyclic amines) is 1. The summed E-state index contributed by atoms with van der Waals surface area (Å²) in [5, 5.41) is 21.7. The van der Waals surface area contributed by atoms with Crippen LogP contribution in [0.25, 0.3) is 11.3 Å². The SMILES string of the molecule is Cc1ccc2nnc(C3CCN(C(=O)c4cnn(-c5ccccc5)n4)CC3)n2n1. The Balaban J connectivity index is 1.28. The number of rotatable bonds is 3. The van der Waals surface area contributed by atoms with Crippen LogP contribution in [0.2, 0.25) is 0 Å². The van der Waals surface area contributed by atoms with Gasteiger partial charge in [0.25, 0.3) is 5.91 Å². The van der Waals surface area contributed by atoms with E-state index in [2.05, 4.69) is 25.5 Å². The molecule has 0 radical (unpaired) electrons. The first-order valence-corrected chi connectivity index (χ1v) is 9.65. The maximum atomic E-state index is 12.9. The zero-order valence-electron chi connectivity index (χ0n) is 16.0. The van der Waals surface area contributed by atoms with Gasteiger partial charge in [-0.15, -0.1) is 15.3 Å². The van der Waals surface area contributed by atoms with E-state index >= 15 is 0 Å². The van der Waals surface area contributed by atoms with E-state index in [1.54, 1.807) is 0 Å². The van der Waals surface area contributed by atoms with Gasteiger partial charge in [-0.05, 0) is 44.0 Å². The van der Waals surface area contributed by atoms with Gasteiger partial charge in [-0.3, -0.25) is 4.79 Å². The smallest absolute Gasteiger partial charge is 0.276 e. The summed E-state index contributed by atoms with van der Waals surface area (Å²) in [6.45, 7) is 3.23. The Bertz CT molecular complexity index is 1160. The lowest BCUT2D eigenvalue weighted by atomic mass is 9.96. The van der Waals surface area contributed by atoms with Crippen LogP contribution >= 0.6 is 0 Å². The van der Waals surface area contributed by atoms with Gasteiger partial charge >= 0.3 is 0 Å². The Morgan fingerprint density at radius 3 is 2.59 bits per heavy atom. The molecule has 4 heterocycles. The molecule has 0 saturated carbocycles. The van der Waals surface area contributed by atoms with Crippen LogP contribution < -0.4 is 0 Å². The van der Waals surface area contributed by atoms with Crippen molar-refractivity contribution >= 4 is 11.6 Å². The predicted molar refractivity (Wildman–Crippen MR) is 105 cm³/mol. The molecule has 1 amide bonds. The van der Waals surface area contributed by atoms with Crippen LogP contribution in [0, 0.1) is 6.92 Å². The minimum atomic E-state index is -0.0919. The fraction of sp³-hybridized carbons (Fsp3) is 0.300. The van der Waals surface area contributed by atoms with Crippen LogP contribution in [0.5, 0.6) is 0 Å². The molecule has 146 valence electrons. The van der Waals surface area contributed by atoms with Crippen molar-refractivity contribution in [2.24, 2.45) is 0 Å². The van der Waals surface area contributed by atoms with Crippen molar-refractivity contribution in [3.63, 3.8) is 0 Å². The fourth-order valence-electron chi connectivity index (χ4n) is 3.70. The number of para-hydroxylation sites is 1. The molecule has 0 atom stereocenters. The van der Waals surface area contributed by atoms with E-state index in [0.717, 1.165) is 35.7 Å². The number of hydrogen-bond donors (Lipinski definition) is 0. The molecule has 3 aromatic heterocycles. The van der Waals surface area contributed by atoms with Gasteiger partial charge in [0.2, 0.25) is 0 Å². The first kappa shape index (κ1) is 17.5. The molecule has 9 nitrogen and oxygen atoms in total. The first-order valence-electron chi connectivity index (χ1n) is 9.65. The van der Waals surface area contributed by atoms with E-state index < -0.39 is 0 Å². The number of amides is 1. The maximum absolute atomic E-state index is 12.9. The lowest BCUT2D eigenvalue weighted by Crippen LogP contribution is -2.38. The molecule has 0 N–H and O–H groups in total. The third kappa shape index (κ3) is 3.24. The summed E-state index contributed by atoms with van der Waals surface area (Å²) in [6.07, 6.45) is 3.16. The lowest BCUT2D eigenvalue weighted by molar-refractivity contribution is 0.0704. The van der Waals surface area contributed by atoms with Crippen molar-refractivity contribution in [3.05, 3.63) is 65.9 Å². The molecular formula is C20H20N8O. The molecular weight excluding hydrogens is 368 g/mol. The number of hydrogen-bond acceptors (Lipinski definition) is 6. The molecule has 0 unspecified atom stereocenters. The van der Waals surface area contributed by atoms with Crippen LogP contribution in [0.3, 0.4) is 0 Å².